The number of Topliss-reactive ketones (excluding diaryl/α,β-unsaturated/α-hetero) is 1. The van der Waals surface area contributed by atoms with Crippen LogP contribution in [0.15, 0.2) is 40.1 Å². The van der Waals surface area contributed by atoms with Crippen molar-refractivity contribution in [3.05, 3.63) is 64.4 Å². The average Bonchev–Trinajstić information content (AvgIpc) is 3.38. The fourth-order valence-corrected chi connectivity index (χ4v) is 3.58. The number of halogens is 3. The highest BCUT2D eigenvalue weighted by molar-refractivity contribution is 6.04. The summed E-state index contributed by atoms with van der Waals surface area (Å²) in [6.45, 7) is 0.429. The molecule has 172 valence electrons. The van der Waals surface area contributed by atoms with Crippen LogP contribution in [0.5, 0.6) is 0 Å². The maximum Gasteiger partial charge on any atom is 0.416 e. The van der Waals surface area contributed by atoms with Crippen LogP contribution in [0.3, 0.4) is 0 Å². The van der Waals surface area contributed by atoms with Crippen LogP contribution in [0.1, 0.15) is 45.1 Å². The molecule has 1 aromatic carbocycles. The molecule has 3 aromatic rings. The van der Waals surface area contributed by atoms with Crippen molar-refractivity contribution in [3.8, 4) is 0 Å². The van der Waals surface area contributed by atoms with Crippen molar-refractivity contribution in [2.75, 3.05) is 19.8 Å². The van der Waals surface area contributed by atoms with E-state index < -0.39 is 11.7 Å². The van der Waals surface area contributed by atoms with Crippen molar-refractivity contribution in [3.63, 3.8) is 0 Å². The van der Waals surface area contributed by atoms with E-state index in [9.17, 15) is 18.0 Å². The van der Waals surface area contributed by atoms with Crippen LogP contribution in [-0.2, 0) is 25.6 Å². The van der Waals surface area contributed by atoms with Crippen molar-refractivity contribution < 1.29 is 22.5 Å². The van der Waals surface area contributed by atoms with Gasteiger partial charge >= 0.3 is 6.18 Å². The summed E-state index contributed by atoms with van der Waals surface area (Å²) >= 11 is 0. The largest absolute Gasteiger partial charge is 0.416 e. The number of carbonyl (C=O) groups is 1. The number of fused-ring (bicyclic) bond motifs is 1. The molecule has 3 heterocycles. The van der Waals surface area contributed by atoms with Gasteiger partial charge in [-0.3, -0.25) is 4.79 Å². The minimum absolute atomic E-state index is 0.129. The molecule has 2 aromatic heterocycles. The maximum absolute atomic E-state index is 13.0. The first-order chi connectivity index (χ1) is 15.6. The van der Waals surface area contributed by atoms with Gasteiger partial charge in [0.05, 0.1) is 22.7 Å². The Morgan fingerprint density at radius 3 is 2.73 bits per heavy atom. The van der Waals surface area contributed by atoms with Crippen LogP contribution in [0.2, 0.25) is 0 Å². The van der Waals surface area contributed by atoms with Crippen molar-refractivity contribution in [1.82, 2.24) is 20.0 Å². The number of nitrogen functional groups attached to an aromatic ring is 1. The van der Waals surface area contributed by atoms with Crippen molar-refractivity contribution >= 4 is 23.0 Å². The van der Waals surface area contributed by atoms with Crippen molar-refractivity contribution in [2.45, 2.75) is 32.0 Å². The SMILES string of the molecule is CN(C)Cc1c(N)ncnc1C(=O)CCc1cc(C2=Nc3ccc(C(F)(F)F)cc3C2)on1. The zero-order valence-electron chi connectivity index (χ0n) is 18.0. The number of aromatic nitrogens is 3. The van der Waals surface area contributed by atoms with Gasteiger partial charge in [-0.1, -0.05) is 5.16 Å². The van der Waals surface area contributed by atoms with E-state index in [1.165, 1.54) is 12.4 Å². The molecule has 0 amide bonds. The van der Waals surface area contributed by atoms with Gasteiger partial charge in [-0.05, 0) is 37.9 Å². The van der Waals surface area contributed by atoms with E-state index in [1.807, 2.05) is 19.0 Å². The number of ketones is 1. The predicted molar refractivity (Wildman–Crippen MR) is 114 cm³/mol. The topological polar surface area (TPSA) is 110 Å². The molecule has 0 saturated heterocycles. The molecule has 1 aliphatic heterocycles. The van der Waals surface area contributed by atoms with Crippen LogP contribution in [0, 0.1) is 0 Å². The third-order valence-electron chi connectivity index (χ3n) is 5.19. The monoisotopic (exact) mass is 458 g/mol. The fraction of sp³-hybridized carbons (Fsp3) is 0.318. The molecule has 0 radical (unpaired) electrons. The Hall–Kier alpha value is -3.60. The average molecular weight is 458 g/mol. The first kappa shape index (κ1) is 22.6. The molecule has 2 N–H and O–H groups in total. The number of alkyl halides is 3. The normalized spacial score (nSPS) is 13.3. The van der Waals surface area contributed by atoms with E-state index in [0.717, 1.165) is 12.1 Å². The summed E-state index contributed by atoms with van der Waals surface area (Å²) in [4.78, 5) is 27.1. The number of aryl methyl sites for hydroxylation is 1. The molecule has 4 rings (SSSR count). The van der Waals surface area contributed by atoms with E-state index in [4.69, 9.17) is 10.3 Å². The third kappa shape index (κ3) is 4.92. The summed E-state index contributed by atoms with van der Waals surface area (Å²) in [6.07, 6.45) is -2.52. The molecule has 0 spiro atoms. The lowest BCUT2D eigenvalue weighted by atomic mass is 10.0. The van der Waals surface area contributed by atoms with E-state index >= 15 is 0 Å². The van der Waals surface area contributed by atoms with Gasteiger partial charge in [0, 0.05) is 37.4 Å². The lowest BCUT2D eigenvalue weighted by Crippen LogP contribution is -2.18. The Kier molecular flexibility index (Phi) is 5.98. The molecule has 0 fully saturated rings. The smallest absolute Gasteiger partial charge is 0.383 e. The summed E-state index contributed by atoms with van der Waals surface area (Å²) < 4.78 is 44.2. The van der Waals surface area contributed by atoms with Crippen molar-refractivity contribution in [2.24, 2.45) is 4.99 Å². The molecule has 11 heteroatoms. The van der Waals surface area contributed by atoms with E-state index in [-0.39, 0.29) is 30.1 Å². The maximum atomic E-state index is 13.0. The number of rotatable bonds is 7. The number of nitrogens with zero attached hydrogens (tertiary/aromatic N) is 5. The zero-order valence-corrected chi connectivity index (χ0v) is 18.0. The van der Waals surface area contributed by atoms with Crippen LogP contribution in [-0.4, -0.2) is 45.6 Å². The molecule has 0 atom stereocenters. The lowest BCUT2D eigenvalue weighted by Gasteiger charge is -2.14. The van der Waals surface area contributed by atoms with Gasteiger partial charge in [0.15, 0.2) is 11.5 Å². The number of anilines is 1. The van der Waals surface area contributed by atoms with Gasteiger partial charge in [0.2, 0.25) is 0 Å². The number of nitrogens with two attached hydrogens (primary N) is 1. The lowest BCUT2D eigenvalue weighted by molar-refractivity contribution is -0.137. The Morgan fingerprint density at radius 2 is 2.00 bits per heavy atom. The molecule has 0 unspecified atom stereocenters. The summed E-state index contributed by atoms with van der Waals surface area (Å²) in [5.41, 5.74) is 8.03. The Labute approximate surface area is 187 Å². The molecule has 0 bridgehead atoms. The molecular formula is C22H21F3N6O2. The van der Waals surface area contributed by atoms with Gasteiger partial charge < -0.3 is 15.2 Å². The highest BCUT2D eigenvalue weighted by Crippen LogP contribution is 2.36. The molecule has 8 nitrogen and oxygen atoms in total. The Bertz CT molecular complexity index is 1230. The summed E-state index contributed by atoms with van der Waals surface area (Å²) in [5.74, 6) is 0.427. The van der Waals surface area contributed by atoms with Crippen LogP contribution < -0.4 is 5.73 Å². The second kappa shape index (κ2) is 8.74. The second-order valence-electron chi connectivity index (χ2n) is 8.01. The number of aliphatic imine (C=N–C) groups is 1. The van der Waals surface area contributed by atoms with Gasteiger partial charge in [0.1, 0.15) is 17.8 Å². The molecule has 0 saturated carbocycles. The molecule has 1 aliphatic rings. The predicted octanol–water partition coefficient (Wildman–Crippen LogP) is 3.62. The molecule has 33 heavy (non-hydrogen) atoms. The van der Waals surface area contributed by atoms with E-state index in [1.54, 1.807) is 6.07 Å². The minimum atomic E-state index is -4.41. The second-order valence-corrected chi connectivity index (χ2v) is 8.01. The Balaban J connectivity index is 1.43. The quantitative estimate of drug-likeness (QED) is 0.539. The summed E-state index contributed by atoms with van der Waals surface area (Å²) in [5, 5.41) is 3.98. The van der Waals surface area contributed by atoms with Crippen LogP contribution >= 0.6 is 0 Å². The standard InChI is InChI=1S/C22H21F3N6O2/c1-31(2)10-15-20(27-11-28-21(15)26)18(32)6-4-14-9-19(33-30-14)17-8-12-7-13(22(23,24)25)3-5-16(12)29-17/h3,5,7,9,11H,4,6,8,10H2,1-2H3,(H2,26,27,28). The van der Waals surface area contributed by atoms with E-state index in [0.29, 0.717) is 46.9 Å². The summed E-state index contributed by atoms with van der Waals surface area (Å²) in [6, 6.07) is 5.10. The van der Waals surface area contributed by atoms with Crippen LogP contribution in [0.25, 0.3) is 0 Å². The Morgan fingerprint density at radius 1 is 1.21 bits per heavy atom. The molecule has 0 aliphatic carbocycles. The van der Waals surface area contributed by atoms with Gasteiger partial charge in [-0.25, -0.2) is 15.0 Å². The third-order valence-corrected chi connectivity index (χ3v) is 5.19. The molecular weight excluding hydrogens is 437 g/mol. The van der Waals surface area contributed by atoms with Gasteiger partial charge in [-0.15, -0.1) is 0 Å². The fourth-order valence-electron chi connectivity index (χ4n) is 3.58. The first-order valence-corrected chi connectivity index (χ1v) is 10.1. The highest BCUT2D eigenvalue weighted by Gasteiger charge is 2.32. The van der Waals surface area contributed by atoms with Crippen LogP contribution in [0.4, 0.5) is 24.7 Å². The van der Waals surface area contributed by atoms with Crippen molar-refractivity contribution in [1.29, 1.82) is 0 Å². The number of hydrogen-bond donors (Lipinski definition) is 1. The zero-order chi connectivity index (χ0) is 23.8. The summed E-state index contributed by atoms with van der Waals surface area (Å²) in [7, 11) is 3.71. The number of hydrogen-bond acceptors (Lipinski definition) is 8. The van der Waals surface area contributed by atoms with E-state index in [2.05, 4.69) is 20.1 Å². The highest BCUT2D eigenvalue weighted by atomic mass is 19.4. The number of carbonyl (C=O) groups excluding carboxylic acids is 1. The van der Waals surface area contributed by atoms with Gasteiger partial charge in [0.25, 0.3) is 0 Å². The number of benzene rings is 1. The first-order valence-electron chi connectivity index (χ1n) is 10.1. The minimum Gasteiger partial charge on any atom is -0.383 e. The van der Waals surface area contributed by atoms with Gasteiger partial charge in [-0.2, -0.15) is 13.2 Å².